The fraction of sp³-hybridized carbons (Fsp3) is 0.684. The Morgan fingerprint density at radius 2 is 1.67 bits per heavy atom. The van der Waals surface area contributed by atoms with Gasteiger partial charge in [-0.05, 0) is 43.9 Å². The minimum absolute atomic E-state index is 0.350. The predicted molar refractivity (Wildman–Crippen MR) is 89.8 cm³/mol. The molecule has 24 heavy (non-hydrogen) atoms. The summed E-state index contributed by atoms with van der Waals surface area (Å²) in [5.41, 5.74) is -0.0595. The van der Waals surface area contributed by atoms with Crippen LogP contribution in [0.15, 0.2) is 24.3 Å². The monoisotopic (exact) mass is 340 g/mol. The maximum atomic E-state index is 13.4. The van der Waals surface area contributed by atoms with E-state index >= 15 is 0 Å². The molecule has 1 aromatic rings. The Balaban J connectivity index is 1.83. The van der Waals surface area contributed by atoms with Crippen LogP contribution in [0.4, 0.5) is 13.2 Å². The van der Waals surface area contributed by atoms with E-state index in [4.69, 9.17) is 0 Å². The van der Waals surface area contributed by atoms with Crippen molar-refractivity contribution in [3.8, 4) is 0 Å². The van der Waals surface area contributed by atoms with Crippen LogP contribution in [0.2, 0.25) is 0 Å². The van der Waals surface area contributed by atoms with E-state index in [0.717, 1.165) is 38.8 Å². The van der Waals surface area contributed by atoms with E-state index in [0.29, 0.717) is 24.2 Å². The van der Waals surface area contributed by atoms with Crippen LogP contribution in [0.25, 0.3) is 0 Å². The number of nitrogens with zero attached hydrogens (tertiary/aromatic N) is 1. The number of rotatable bonds is 4. The second-order valence-corrected chi connectivity index (χ2v) is 7.12. The van der Waals surface area contributed by atoms with Crippen molar-refractivity contribution in [2.75, 3.05) is 13.1 Å². The number of hydrogen-bond donors (Lipinski definition) is 1. The van der Waals surface area contributed by atoms with Crippen molar-refractivity contribution in [2.24, 2.45) is 0 Å². The molecule has 3 rings (SSSR count). The first-order valence-electron chi connectivity index (χ1n) is 9.17. The molecule has 1 aliphatic carbocycles. The quantitative estimate of drug-likeness (QED) is 0.862. The molecule has 1 heterocycles. The van der Waals surface area contributed by atoms with Gasteiger partial charge in [-0.2, -0.15) is 13.2 Å². The van der Waals surface area contributed by atoms with Gasteiger partial charge in [-0.1, -0.05) is 37.5 Å². The van der Waals surface area contributed by atoms with Gasteiger partial charge in [-0.25, -0.2) is 0 Å². The fourth-order valence-electron chi connectivity index (χ4n) is 4.22. The zero-order chi connectivity index (χ0) is 17.0. The lowest BCUT2D eigenvalue weighted by Gasteiger charge is -2.42. The first-order valence-corrected chi connectivity index (χ1v) is 9.17. The molecule has 1 saturated heterocycles. The van der Waals surface area contributed by atoms with Gasteiger partial charge >= 0.3 is 6.18 Å². The molecule has 1 N–H and O–H groups in total. The summed E-state index contributed by atoms with van der Waals surface area (Å²) in [5.74, 6) is 0. The Kier molecular flexibility index (Phi) is 5.82. The van der Waals surface area contributed by atoms with Gasteiger partial charge < -0.3 is 5.32 Å². The van der Waals surface area contributed by atoms with Gasteiger partial charge in [0, 0.05) is 25.2 Å². The third-order valence-electron chi connectivity index (χ3n) is 5.46. The summed E-state index contributed by atoms with van der Waals surface area (Å²) in [6.45, 7) is 2.32. The van der Waals surface area contributed by atoms with Crippen molar-refractivity contribution >= 4 is 0 Å². The van der Waals surface area contributed by atoms with Crippen molar-refractivity contribution in [1.82, 2.24) is 10.2 Å². The Labute approximate surface area is 142 Å². The number of alkyl halides is 3. The largest absolute Gasteiger partial charge is 0.416 e. The molecule has 0 unspecified atom stereocenters. The molecule has 5 heteroatoms. The Hall–Kier alpha value is -1.07. The Morgan fingerprint density at radius 1 is 0.958 bits per heavy atom. The summed E-state index contributed by atoms with van der Waals surface area (Å²) in [6.07, 6.45) is 3.79. The van der Waals surface area contributed by atoms with Gasteiger partial charge in [0.05, 0.1) is 5.56 Å². The van der Waals surface area contributed by atoms with Crippen molar-refractivity contribution < 1.29 is 13.2 Å². The highest BCUT2D eigenvalue weighted by molar-refractivity contribution is 5.29. The summed E-state index contributed by atoms with van der Waals surface area (Å²) in [6, 6.07) is 6.85. The van der Waals surface area contributed by atoms with E-state index in [2.05, 4.69) is 10.2 Å². The smallest absolute Gasteiger partial charge is 0.315 e. The first-order chi connectivity index (χ1) is 11.6. The number of halogens is 3. The van der Waals surface area contributed by atoms with E-state index < -0.39 is 11.7 Å². The lowest BCUT2D eigenvalue weighted by molar-refractivity contribution is -0.138. The standard InChI is InChI=1S/C19H27F3N2/c20-19(21,22)18-11-5-4-7-15(18)14-24(16-8-2-1-3-9-16)17-10-6-12-23-13-17/h4-5,7,11,16-17,23H,1-3,6,8-10,12-14H2/t17-/m0/s1. The molecule has 0 bridgehead atoms. The highest BCUT2D eigenvalue weighted by Crippen LogP contribution is 2.34. The molecular formula is C19H27F3N2. The molecular weight excluding hydrogens is 313 g/mol. The summed E-state index contributed by atoms with van der Waals surface area (Å²) in [7, 11) is 0. The van der Waals surface area contributed by atoms with E-state index in [1.165, 1.54) is 31.4 Å². The molecule has 0 spiro atoms. The molecule has 2 nitrogen and oxygen atoms in total. The number of nitrogens with one attached hydrogen (secondary N) is 1. The van der Waals surface area contributed by atoms with Gasteiger partial charge in [0.15, 0.2) is 0 Å². The summed E-state index contributed by atoms with van der Waals surface area (Å²) in [4.78, 5) is 2.37. The third kappa shape index (κ3) is 4.31. The van der Waals surface area contributed by atoms with E-state index in [9.17, 15) is 13.2 Å². The van der Waals surface area contributed by atoms with Crippen LogP contribution in [0.1, 0.15) is 56.1 Å². The number of benzene rings is 1. The van der Waals surface area contributed by atoms with Gasteiger partial charge in [-0.15, -0.1) is 0 Å². The molecule has 0 radical (unpaired) electrons. The van der Waals surface area contributed by atoms with Crippen LogP contribution in [0.5, 0.6) is 0 Å². The molecule has 1 saturated carbocycles. The normalized spacial score (nSPS) is 23.6. The average Bonchev–Trinajstić information content (AvgIpc) is 2.61. The zero-order valence-corrected chi connectivity index (χ0v) is 14.1. The zero-order valence-electron chi connectivity index (χ0n) is 14.1. The highest BCUT2D eigenvalue weighted by atomic mass is 19.4. The van der Waals surface area contributed by atoms with E-state index in [-0.39, 0.29) is 0 Å². The summed E-state index contributed by atoms with van der Waals surface area (Å²) in [5, 5.41) is 3.42. The van der Waals surface area contributed by atoms with Crippen LogP contribution >= 0.6 is 0 Å². The average molecular weight is 340 g/mol. The molecule has 2 aliphatic rings. The highest BCUT2D eigenvalue weighted by Gasteiger charge is 2.35. The Bertz CT molecular complexity index is 500. The molecule has 2 fully saturated rings. The maximum Gasteiger partial charge on any atom is 0.416 e. The lowest BCUT2D eigenvalue weighted by atomic mass is 9.91. The summed E-state index contributed by atoms with van der Waals surface area (Å²) >= 11 is 0. The molecule has 1 aromatic carbocycles. The minimum atomic E-state index is -4.28. The van der Waals surface area contributed by atoms with Crippen molar-refractivity contribution in [1.29, 1.82) is 0 Å². The lowest BCUT2D eigenvalue weighted by Crippen LogP contribution is -2.50. The topological polar surface area (TPSA) is 15.3 Å². The molecule has 1 aliphatic heterocycles. The summed E-state index contributed by atoms with van der Waals surface area (Å²) < 4.78 is 40.1. The predicted octanol–water partition coefficient (Wildman–Crippen LogP) is 4.59. The number of hydrogen-bond acceptors (Lipinski definition) is 2. The molecule has 0 aromatic heterocycles. The maximum absolute atomic E-state index is 13.4. The molecule has 1 atom stereocenters. The van der Waals surface area contributed by atoms with Gasteiger partial charge in [0.1, 0.15) is 0 Å². The van der Waals surface area contributed by atoms with Crippen molar-refractivity contribution in [2.45, 2.75) is 69.8 Å². The van der Waals surface area contributed by atoms with Crippen LogP contribution in [-0.2, 0) is 12.7 Å². The van der Waals surface area contributed by atoms with Gasteiger partial charge in [-0.3, -0.25) is 4.90 Å². The SMILES string of the molecule is FC(F)(F)c1ccccc1CN(C1CCCCC1)[C@H]1CCCNC1. The minimum Gasteiger partial charge on any atom is -0.315 e. The second-order valence-electron chi connectivity index (χ2n) is 7.12. The fourth-order valence-corrected chi connectivity index (χ4v) is 4.22. The molecule has 0 amide bonds. The van der Waals surface area contributed by atoms with Crippen LogP contribution in [0, 0.1) is 0 Å². The molecule has 134 valence electrons. The van der Waals surface area contributed by atoms with Crippen molar-refractivity contribution in [3.63, 3.8) is 0 Å². The van der Waals surface area contributed by atoms with Crippen LogP contribution < -0.4 is 5.32 Å². The van der Waals surface area contributed by atoms with Gasteiger partial charge in [0.2, 0.25) is 0 Å². The third-order valence-corrected chi connectivity index (χ3v) is 5.46. The van der Waals surface area contributed by atoms with E-state index in [1.54, 1.807) is 12.1 Å². The van der Waals surface area contributed by atoms with E-state index in [1.807, 2.05) is 0 Å². The van der Waals surface area contributed by atoms with Crippen LogP contribution in [0.3, 0.4) is 0 Å². The Morgan fingerprint density at radius 3 is 2.33 bits per heavy atom. The van der Waals surface area contributed by atoms with Gasteiger partial charge in [0.25, 0.3) is 0 Å². The van der Waals surface area contributed by atoms with Crippen molar-refractivity contribution in [3.05, 3.63) is 35.4 Å². The second kappa shape index (κ2) is 7.87. The number of piperidine rings is 1. The van der Waals surface area contributed by atoms with Crippen LogP contribution in [-0.4, -0.2) is 30.1 Å². The first kappa shape index (κ1) is 17.7.